The first-order valence-corrected chi connectivity index (χ1v) is 5.31. The van der Waals surface area contributed by atoms with Crippen LogP contribution in [0.2, 0.25) is 0 Å². The molecule has 0 fully saturated rings. The van der Waals surface area contributed by atoms with E-state index in [1.165, 1.54) is 10.9 Å². The minimum atomic E-state index is 0.358. The zero-order valence-corrected chi connectivity index (χ0v) is 9.49. The Morgan fingerprint density at radius 2 is 2.13 bits per heavy atom. The first kappa shape index (κ1) is 10.2. The van der Waals surface area contributed by atoms with Gasteiger partial charge in [-0.15, -0.1) is 0 Å². The van der Waals surface area contributed by atoms with Gasteiger partial charge in [0.05, 0.1) is 11.2 Å². The lowest BCUT2D eigenvalue weighted by Crippen LogP contribution is -2.10. The van der Waals surface area contributed by atoms with Gasteiger partial charge in [-0.1, -0.05) is 12.1 Å². The fraction of sp³-hybridized carbons (Fsp3) is 0.417. The Bertz CT molecular complexity index is 483. The molecule has 1 aromatic carbocycles. The molecule has 0 saturated heterocycles. The highest BCUT2D eigenvalue weighted by Gasteiger charge is 2.11. The maximum atomic E-state index is 5.78. The van der Waals surface area contributed by atoms with Crippen molar-refractivity contribution in [3.63, 3.8) is 0 Å². The van der Waals surface area contributed by atoms with E-state index in [0.717, 1.165) is 11.2 Å². The maximum Gasteiger partial charge on any atom is 0.0929 e. The van der Waals surface area contributed by atoms with Gasteiger partial charge in [0, 0.05) is 18.0 Å². The molecule has 2 N–H and O–H groups in total. The molecule has 1 aromatic heterocycles. The van der Waals surface area contributed by atoms with Crippen molar-refractivity contribution in [2.75, 3.05) is 0 Å². The number of nitrogens with zero attached hydrogens (tertiary/aromatic N) is 2. The number of aryl methyl sites for hydroxylation is 1. The summed E-state index contributed by atoms with van der Waals surface area (Å²) in [6.07, 6.45) is 0. The van der Waals surface area contributed by atoms with Gasteiger partial charge in [0.15, 0.2) is 0 Å². The van der Waals surface area contributed by atoms with E-state index in [1.54, 1.807) is 0 Å². The first-order chi connectivity index (χ1) is 7.13. The molecule has 0 unspecified atom stereocenters. The van der Waals surface area contributed by atoms with Crippen LogP contribution in [0.5, 0.6) is 0 Å². The molecule has 0 amide bonds. The molecule has 3 nitrogen and oxygen atoms in total. The molecule has 3 heteroatoms. The molecule has 2 aromatic rings. The predicted molar refractivity (Wildman–Crippen MR) is 62.7 cm³/mol. The highest BCUT2D eigenvalue weighted by atomic mass is 15.3. The summed E-state index contributed by atoms with van der Waals surface area (Å²) in [5.74, 6) is 0. The summed E-state index contributed by atoms with van der Waals surface area (Å²) in [5, 5.41) is 5.76. The van der Waals surface area contributed by atoms with Crippen LogP contribution in [0.4, 0.5) is 0 Å². The van der Waals surface area contributed by atoms with E-state index in [1.807, 2.05) is 4.68 Å². The zero-order valence-electron chi connectivity index (χ0n) is 9.49. The average molecular weight is 203 g/mol. The molecule has 0 atom stereocenters. The summed E-state index contributed by atoms with van der Waals surface area (Å²) in [7, 11) is 0. The Hall–Kier alpha value is -1.35. The number of benzene rings is 1. The number of rotatable bonds is 2. The van der Waals surface area contributed by atoms with Crippen LogP contribution >= 0.6 is 0 Å². The van der Waals surface area contributed by atoms with Crippen LogP contribution in [0.3, 0.4) is 0 Å². The quantitative estimate of drug-likeness (QED) is 0.814. The molecule has 15 heavy (non-hydrogen) atoms. The second-order valence-corrected chi connectivity index (χ2v) is 4.21. The molecular formula is C12H17N3. The Labute approximate surface area is 89.9 Å². The van der Waals surface area contributed by atoms with Gasteiger partial charge in [-0.3, -0.25) is 4.68 Å². The van der Waals surface area contributed by atoms with Gasteiger partial charge in [-0.05, 0) is 32.4 Å². The summed E-state index contributed by atoms with van der Waals surface area (Å²) in [4.78, 5) is 0. The van der Waals surface area contributed by atoms with Crippen molar-refractivity contribution >= 4 is 10.9 Å². The molecule has 0 aliphatic heterocycles. The van der Waals surface area contributed by atoms with Crippen molar-refractivity contribution in [1.82, 2.24) is 9.78 Å². The van der Waals surface area contributed by atoms with Crippen LogP contribution in [0.1, 0.15) is 31.1 Å². The highest BCUT2D eigenvalue weighted by Crippen LogP contribution is 2.22. The Balaban J connectivity index is 2.73. The fourth-order valence-electron chi connectivity index (χ4n) is 1.90. The minimum Gasteiger partial charge on any atom is -0.325 e. The lowest BCUT2D eigenvalue weighted by Gasteiger charge is -2.08. The maximum absolute atomic E-state index is 5.78. The molecule has 0 saturated carbocycles. The van der Waals surface area contributed by atoms with Gasteiger partial charge < -0.3 is 5.73 Å². The number of nitrogens with two attached hydrogens (primary N) is 1. The van der Waals surface area contributed by atoms with Crippen molar-refractivity contribution in [2.45, 2.75) is 33.4 Å². The van der Waals surface area contributed by atoms with E-state index in [9.17, 15) is 0 Å². The van der Waals surface area contributed by atoms with E-state index in [2.05, 4.69) is 44.1 Å². The lowest BCUT2D eigenvalue weighted by molar-refractivity contribution is 0.515. The van der Waals surface area contributed by atoms with Crippen LogP contribution in [0, 0.1) is 6.92 Å². The van der Waals surface area contributed by atoms with E-state index in [-0.39, 0.29) is 0 Å². The summed E-state index contributed by atoms with van der Waals surface area (Å²) >= 11 is 0. The largest absolute Gasteiger partial charge is 0.325 e. The third-order valence-electron chi connectivity index (χ3n) is 2.64. The monoisotopic (exact) mass is 203 g/mol. The molecule has 0 radical (unpaired) electrons. The summed E-state index contributed by atoms with van der Waals surface area (Å²) in [5.41, 5.74) is 9.18. The Morgan fingerprint density at radius 3 is 2.73 bits per heavy atom. The van der Waals surface area contributed by atoms with Gasteiger partial charge >= 0.3 is 0 Å². The minimum absolute atomic E-state index is 0.358. The van der Waals surface area contributed by atoms with Crippen LogP contribution in [-0.4, -0.2) is 9.78 Å². The molecule has 0 aliphatic carbocycles. The molecule has 1 heterocycles. The van der Waals surface area contributed by atoms with Gasteiger partial charge in [-0.25, -0.2) is 0 Å². The van der Waals surface area contributed by atoms with E-state index < -0.39 is 0 Å². The fourth-order valence-corrected chi connectivity index (χ4v) is 1.90. The van der Waals surface area contributed by atoms with Gasteiger partial charge in [0.2, 0.25) is 0 Å². The summed E-state index contributed by atoms with van der Waals surface area (Å²) in [6, 6.07) is 6.68. The van der Waals surface area contributed by atoms with Crippen LogP contribution < -0.4 is 5.73 Å². The average Bonchev–Trinajstić information content (AvgIpc) is 2.55. The van der Waals surface area contributed by atoms with Crippen molar-refractivity contribution < 1.29 is 0 Å². The number of hydrogen-bond donors (Lipinski definition) is 1. The molecular weight excluding hydrogens is 186 g/mol. The molecule has 0 aliphatic rings. The van der Waals surface area contributed by atoms with Gasteiger partial charge in [0.1, 0.15) is 0 Å². The van der Waals surface area contributed by atoms with Crippen LogP contribution in [0.25, 0.3) is 10.9 Å². The second-order valence-electron chi connectivity index (χ2n) is 4.21. The van der Waals surface area contributed by atoms with Crippen molar-refractivity contribution in [3.05, 3.63) is 29.5 Å². The highest BCUT2D eigenvalue weighted by molar-refractivity contribution is 5.82. The number of hydrogen-bond acceptors (Lipinski definition) is 2. The van der Waals surface area contributed by atoms with E-state index in [0.29, 0.717) is 12.6 Å². The molecule has 2 rings (SSSR count). The van der Waals surface area contributed by atoms with Crippen LogP contribution in [-0.2, 0) is 6.54 Å². The van der Waals surface area contributed by atoms with Crippen LogP contribution in [0.15, 0.2) is 18.2 Å². The summed E-state index contributed by atoms with van der Waals surface area (Å²) < 4.78 is 2.02. The third kappa shape index (κ3) is 1.63. The second kappa shape index (κ2) is 3.66. The molecule has 80 valence electrons. The molecule has 0 bridgehead atoms. The topological polar surface area (TPSA) is 43.8 Å². The first-order valence-electron chi connectivity index (χ1n) is 5.31. The zero-order chi connectivity index (χ0) is 11.0. The number of aromatic nitrogens is 2. The van der Waals surface area contributed by atoms with Crippen molar-refractivity contribution in [1.29, 1.82) is 0 Å². The Kier molecular flexibility index (Phi) is 2.49. The normalized spacial score (nSPS) is 11.5. The number of fused-ring (bicyclic) bond motifs is 1. The molecule has 0 spiro atoms. The predicted octanol–water partition coefficient (Wildman–Crippen LogP) is 2.38. The van der Waals surface area contributed by atoms with Gasteiger partial charge in [0.25, 0.3) is 0 Å². The van der Waals surface area contributed by atoms with Gasteiger partial charge in [-0.2, -0.15) is 5.10 Å². The van der Waals surface area contributed by atoms with E-state index >= 15 is 0 Å². The van der Waals surface area contributed by atoms with Crippen molar-refractivity contribution in [3.8, 4) is 0 Å². The standard InChI is InChI=1S/C12H17N3/c1-8(2)15-12(7-13)10-5-4-9(3)6-11(10)14-15/h4-6,8H,7,13H2,1-3H3. The SMILES string of the molecule is Cc1ccc2c(CN)n(C(C)C)nc2c1. The van der Waals surface area contributed by atoms with E-state index in [4.69, 9.17) is 5.73 Å². The smallest absolute Gasteiger partial charge is 0.0929 e. The summed E-state index contributed by atoms with van der Waals surface area (Å²) in [6.45, 7) is 6.86. The third-order valence-corrected chi connectivity index (χ3v) is 2.64. The Morgan fingerprint density at radius 1 is 1.40 bits per heavy atom. The lowest BCUT2D eigenvalue weighted by atomic mass is 10.1. The van der Waals surface area contributed by atoms with Crippen molar-refractivity contribution in [2.24, 2.45) is 5.73 Å².